The molecule has 0 fully saturated rings. The molecular formula is C18H19ClFN3O2. The van der Waals surface area contributed by atoms with Gasteiger partial charge < -0.3 is 10.6 Å². The fourth-order valence-electron chi connectivity index (χ4n) is 2.18. The van der Waals surface area contributed by atoms with Crippen LogP contribution in [0.5, 0.6) is 0 Å². The topological polar surface area (TPSA) is 61.4 Å². The van der Waals surface area contributed by atoms with Gasteiger partial charge in [0.2, 0.25) is 11.8 Å². The van der Waals surface area contributed by atoms with Gasteiger partial charge in [0.1, 0.15) is 5.82 Å². The van der Waals surface area contributed by atoms with Gasteiger partial charge in [-0.15, -0.1) is 0 Å². The van der Waals surface area contributed by atoms with Crippen LogP contribution in [0.25, 0.3) is 0 Å². The van der Waals surface area contributed by atoms with Gasteiger partial charge in [0.05, 0.1) is 13.1 Å². The summed E-state index contributed by atoms with van der Waals surface area (Å²) >= 11 is 5.89. The number of hydrogen-bond acceptors (Lipinski definition) is 3. The van der Waals surface area contributed by atoms with Gasteiger partial charge in [0.15, 0.2) is 0 Å². The molecule has 0 atom stereocenters. The van der Waals surface area contributed by atoms with Gasteiger partial charge >= 0.3 is 0 Å². The second kappa shape index (κ2) is 9.15. The Hall–Kier alpha value is -2.44. The van der Waals surface area contributed by atoms with E-state index in [1.165, 1.54) is 24.3 Å². The average Bonchev–Trinajstić information content (AvgIpc) is 2.55. The van der Waals surface area contributed by atoms with Crippen LogP contribution in [0.15, 0.2) is 48.5 Å². The fourth-order valence-corrected chi connectivity index (χ4v) is 2.40. The van der Waals surface area contributed by atoms with Crippen molar-refractivity contribution < 1.29 is 14.0 Å². The Morgan fingerprint density at radius 3 is 2.44 bits per heavy atom. The Morgan fingerprint density at radius 2 is 1.76 bits per heavy atom. The average molecular weight is 364 g/mol. The third-order valence-corrected chi connectivity index (χ3v) is 3.57. The van der Waals surface area contributed by atoms with Crippen LogP contribution in [0.3, 0.4) is 0 Å². The number of nitrogens with one attached hydrogen (secondary N) is 2. The molecule has 5 nitrogen and oxygen atoms in total. The van der Waals surface area contributed by atoms with Crippen LogP contribution < -0.4 is 10.6 Å². The molecule has 0 spiro atoms. The Balaban J connectivity index is 1.73. The number of likely N-dealkylation sites (N-methyl/N-ethyl adjacent to an activating group) is 1. The lowest BCUT2D eigenvalue weighted by Crippen LogP contribution is -2.38. The normalized spacial score (nSPS) is 10.6. The van der Waals surface area contributed by atoms with Gasteiger partial charge in [0, 0.05) is 17.3 Å². The van der Waals surface area contributed by atoms with Crippen LogP contribution in [0.2, 0.25) is 5.02 Å². The van der Waals surface area contributed by atoms with E-state index >= 15 is 0 Å². The molecule has 0 unspecified atom stereocenters. The van der Waals surface area contributed by atoms with E-state index in [-0.39, 0.29) is 30.7 Å². The molecule has 0 radical (unpaired) electrons. The van der Waals surface area contributed by atoms with E-state index in [0.29, 0.717) is 17.3 Å². The highest BCUT2D eigenvalue weighted by Gasteiger charge is 2.11. The van der Waals surface area contributed by atoms with Crippen molar-refractivity contribution in [3.63, 3.8) is 0 Å². The number of carbonyl (C=O) groups is 2. The molecule has 0 aliphatic carbocycles. The third-order valence-electron chi connectivity index (χ3n) is 3.33. The molecular weight excluding hydrogens is 345 g/mol. The van der Waals surface area contributed by atoms with E-state index < -0.39 is 0 Å². The van der Waals surface area contributed by atoms with Gasteiger partial charge in [-0.25, -0.2) is 4.39 Å². The Labute approximate surface area is 150 Å². The molecule has 7 heteroatoms. The van der Waals surface area contributed by atoms with Gasteiger partial charge in [-0.05, 0) is 49.0 Å². The number of rotatable bonds is 7. The highest BCUT2D eigenvalue weighted by atomic mass is 35.5. The maximum absolute atomic E-state index is 12.8. The zero-order valence-corrected chi connectivity index (χ0v) is 14.5. The van der Waals surface area contributed by atoms with Gasteiger partial charge in [-0.2, -0.15) is 0 Å². The summed E-state index contributed by atoms with van der Waals surface area (Å²) in [6.07, 6.45) is 0. The number of nitrogens with zero attached hydrogens (tertiary/aromatic N) is 1. The highest BCUT2D eigenvalue weighted by Crippen LogP contribution is 2.10. The molecule has 0 aliphatic heterocycles. The molecule has 132 valence electrons. The third kappa shape index (κ3) is 6.91. The number of halogens is 2. The zero-order chi connectivity index (χ0) is 18.2. The number of hydrogen-bond donors (Lipinski definition) is 2. The first kappa shape index (κ1) is 18.9. The van der Waals surface area contributed by atoms with Crippen molar-refractivity contribution in [2.24, 2.45) is 0 Å². The van der Waals surface area contributed by atoms with Crippen LogP contribution in [-0.4, -0.2) is 36.9 Å². The van der Waals surface area contributed by atoms with E-state index in [4.69, 9.17) is 11.6 Å². The molecule has 25 heavy (non-hydrogen) atoms. The molecule has 0 bridgehead atoms. The number of carbonyl (C=O) groups excluding carboxylic acids is 2. The molecule has 0 heterocycles. The Bertz CT molecular complexity index is 737. The summed E-state index contributed by atoms with van der Waals surface area (Å²) in [5.41, 5.74) is 1.41. The summed E-state index contributed by atoms with van der Waals surface area (Å²) in [7, 11) is 1.67. The lowest BCUT2D eigenvalue weighted by atomic mass is 10.2. The van der Waals surface area contributed by atoms with E-state index in [1.54, 1.807) is 24.1 Å². The van der Waals surface area contributed by atoms with Crippen molar-refractivity contribution in [3.05, 3.63) is 64.9 Å². The molecule has 2 aromatic rings. The van der Waals surface area contributed by atoms with Gasteiger partial charge in [-0.3, -0.25) is 14.5 Å². The maximum Gasteiger partial charge on any atom is 0.238 e. The van der Waals surface area contributed by atoms with Crippen molar-refractivity contribution in [1.29, 1.82) is 0 Å². The van der Waals surface area contributed by atoms with Crippen molar-refractivity contribution in [3.8, 4) is 0 Å². The quantitative estimate of drug-likeness (QED) is 0.795. The Kier molecular flexibility index (Phi) is 6.91. The first-order valence-corrected chi connectivity index (χ1v) is 8.05. The van der Waals surface area contributed by atoms with Crippen molar-refractivity contribution in [2.75, 3.05) is 25.5 Å². The lowest BCUT2D eigenvalue weighted by Gasteiger charge is -2.16. The summed E-state index contributed by atoms with van der Waals surface area (Å²) in [6, 6.07) is 12.7. The second-order valence-corrected chi connectivity index (χ2v) is 6.07. The number of anilines is 1. The van der Waals surface area contributed by atoms with E-state index in [0.717, 1.165) is 5.56 Å². The maximum atomic E-state index is 12.8. The molecule has 2 amide bonds. The predicted octanol–water partition coefficient (Wildman–Crippen LogP) is 2.67. The van der Waals surface area contributed by atoms with Gasteiger partial charge in [-0.1, -0.05) is 23.7 Å². The predicted molar refractivity (Wildman–Crippen MR) is 95.8 cm³/mol. The molecule has 2 aromatic carbocycles. The summed E-state index contributed by atoms with van der Waals surface area (Å²) in [4.78, 5) is 25.4. The first-order valence-electron chi connectivity index (χ1n) is 7.67. The highest BCUT2D eigenvalue weighted by molar-refractivity contribution is 6.30. The minimum absolute atomic E-state index is 0.0436. The van der Waals surface area contributed by atoms with Crippen LogP contribution in [-0.2, 0) is 16.1 Å². The molecule has 2 N–H and O–H groups in total. The fraction of sp³-hybridized carbons (Fsp3) is 0.222. The molecule has 0 saturated carbocycles. The molecule has 0 aliphatic rings. The molecule has 0 saturated heterocycles. The van der Waals surface area contributed by atoms with Crippen LogP contribution in [0.1, 0.15) is 5.56 Å². The largest absolute Gasteiger partial charge is 0.351 e. The van der Waals surface area contributed by atoms with E-state index in [1.807, 2.05) is 12.1 Å². The minimum atomic E-state index is -0.369. The summed E-state index contributed by atoms with van der Waals surface area (Å²) in [5.74, 6) is -0.847. The van der Waals surface area contributed by atoms with Crippen molar-refractivity contribution in [1.82, 2.24) is 10.2 Å². The summed E-state index contributed by atoms with van der Waals surface area (Å²) in [5, 5.41) is 6.03. The van der Waals surface area contributed by atoms with Crippen molar-refractivity contribution >= 4 is 29.1 Å². The number of amides is 2. The molecule has 0 aromatic heterocycles. The summed E-state index contributed by atoms with van der Waals surface area (Å²) < 4.78 is 12.8. The minimum Gasteiger partial charge on any atom is -0.351 e. The Morgan fingerprint density at radius 1 is 1.08 bits per heavy atom. The zero-order valence-electron chi connectivity index (χ0n) is 13.8. The smallest absolute Gasteiger partial charge is 0.238 e. The lowest BCUT2D eigenvalue weighted by molar-refractivity contribution is -0.123. The van der Waals surface area contributed by atoms with Crippen LogP contribution >= 0.6 is 11.6 Å². The second-order valence-electron chi connectivity index (χ2n) is 5.63. The number of benzene rings is 2. The van der Waals surface area contributed by atoms with Crippen LogP contribution in [0, 0.1) is 5.82 Å². The van der Waals surface area contributed by atoms with E-state index in [9.17, 15) is 14.0 Å². The van der Waals surface area contributed by atoms with Crippen LogP contribution in [0.4, 0.5) is 10.1 Å². The summed E-state index contributed by atoms with van der Waals surface area (Å²) in [6.45, 7) is 0.494. The van der Waals surface area contributed by atoms with Crippen molar-refractivity contribution in [2.45, 2.75) is 6.54 Å². The monoisotopic (exact) mass is 363 g/mol. The van der Waals surface area contributed by atoms with Gasteiger partial charge in [0.25, 0.3) is 0 Å². The first-order chi connectivity index (χ1) is 11.9. The molecule has 2 rings (SSSR count). The van der Waals surface area contributed by atoms with E-state index in [2.05, 4.69) is 10.6 Å². The SMILES string of the molecule is CN(CC(=O)NCc1cccc(Cl)c1)CC(=O)Nc1ccc(F)cc1. The standard InChI is InChI=1S/C18H19ClFN3O2/c1-23(12-18(25)22-16-7-5-15(20)6-8-16)11-17(24)21-10-13-3-2-4-14(19)9-13/h2-9H,10-12H2,1H3,(H,21,24)(H,22,25).